The molecule has 0 aromatic heterocycles. The van der Waals surface area contributed by atoms with Gasteiger partial charge in [0, 0.05) is 53.2 Å². The van der Waals surface area contributed by atoms with E-state index < -0.39 is 157 Å². The topological polar surface area (TPSA) is 500 Å². The van der Waals surface area contributed by atoms with E-state index in [2.05, 4.69) is 45.0 Å². The fourth-order valence-electron chi connectivity index (χ4n) is 9.64. The van der Waals surface area contributed by atoms with Crippen molar-refractivity contribution >= 4 is 82.1 Å². The molecule has 36 nitrogen and oxygen atoms in total. The van der Waals surface area contributed by atoms with Crippen LogP contribution in [-0.2, 0) is 101 Å². The highest BCUT2D eigenvalue weighted by Gasteiger charge is 2.47. The Bertz CT molecular complexity index is 2360. The van der Waals surface area contributed by atoms with Crippen LogP contribution in [0.15, 0.2) is 0 Å². The number of aliphatic hydroxyl groups excluding tert-OH is 9. The molecular weight excluding hydrogens is 1410 g/mol. The van der Waals surface area contributed by atoms with Gasteiger partial charge in [-0.05, 0) is 97.4 Å². The molecule has 2 aliphatic heterocycles. The zero-order valence-corrected chi connectivity index (χ0v) is 60.9. The monoisotopic (exact) mass is 1520 g/mol. The summed E-state index contributed by atoms with van der Waals surface area (Å²) >= 11 is 8.82. The minimum Gasteiger partial charge on any atom is -0.394 e. The van der Waals surface area contributed by atoms with Crippen LogP contribution < -0.4 is 16.0 Å². The maximum Gasteiger partial charge on any atom is 0.471 e. The van der Waals surface area contributed by atoms with Crippen molar-refractivity contribution in [2.45, 2.75) is 203 Å². The number of unbranched alkanes of at least 4 members (excludes halogenated alkanes) is 3. The van der Waals surface area contributed by atoms with E-state index in [1.165, 1.54) is 27.9 Å². The minimum atomic E-state index is -4.35. The van der Waals surface area contributed by atoms with E-state index in [9.17, 15) is 83.5 Å². The number of aliphatic hydroxyl groups is 9. The van der Waals surface area contributed by atoms with E-state index in [4.69, 9.17) is 64.3 Å². The standard InChI is InChI=1S/C52H104N4O32P4S3/c1-35(60)39(32-57)86-51(48(68)55-38(4)63)78-24-9-12-26-81-91(72,94)83-29-15-19-52(56(5)21-17-31-79-89(69,70)74-6,18-14-28-82-90(71,93)80-25-11-8-22-76-49-42(53-36(2)61)46(66)44(64)40(33-58)87-49)20-16-30-85-92(73,95-75-7)84-27-13-10-23-77-50-43(54-37(3)62)47(67)45(65)41(34-59)88-50/h35,39-51,57-60,64-68H,8-34H2,1-7H3,(H,53,61)(H,54,62)(H,55,63)(H,69,70)(H,71,93)(H,72,94)/t35-,39?,40?,41?,42?,43?,44?,45?,46?,47?,48+,49?,50?,51?,52?,90?,91?,92?/m1/s1. The smallest absolute Gasteiger partial charge is 0.394 e. The summed E-state index contributed by atoms with van der Waals surface area (Å²) in [5.41, 5.74) is -0.886. The Morgan fingerprint density at radius 3 is 1.38 bits per heavy atom. The van der Waals surface area contributed by atoms with Crippen molar-refractivity contribution < 1.29 is 152 Å². The van der Waals surface area contributed by atoms with E-state index in [0.29, 0.717) is 18.1 Å². The number of hydrogen-bond acceptors (Lipinski definition) is 33. The number of ether oxygens (including phenoxy) is 6. The quantitative estimate of drug-likeness (QED) is 0.0135. The average Bonchev–Trinajstić information content (AvgIpc) is 0.835. The van der Waals surface area contributed by atoms with Crippen LogP contribution in [0.1, 0.15) is 111 Å². The van der Waals surface area contributed by atoms with Crippen molar-refractivity contribution in [2.24, 2.45) is 0 Å². The first-order valence-electron chi connectivity index (χ1n) is 30.9. The van der Waals surface area contributed by atoms with Crippen LogP contribution in [0.5, 0.6) is 0 Å². The summed E-state index contributed by atoms with van der Waals surface area (Å²) in [6.07, 6.45) is -13.0. The molecular formula is C52H104N4O32P4S3. The number of hydrogen-bond donors (Lipinski definition) is 15. The second kappa shape index (κ2) is 47.6. The summed E-state index contributed by atoms with van der Waals surface area (Å²) in [6.45, 7) is -9.84. The molecule has 0 aromatic rings. The summed E-state index contributed by atoms with van der Waals surface area (Å²) in [6, 6.07) is -2.30. The van der Waals surface area contributed by atoms with Crippen molar-refractivity contribution in [1.82, 2.24) is 20.9 Å². The van der Waals surface area contributed by atoms with Crippen LogP contribution >= 0.6 is 64.4 Å². The van der Waals surface area contributed by atoms with Gasteiger partial charge in [-0.2, -0.15) is 0 Å². The van der Waals surface area contributed by atoms with Gasteiger partial charge in [0.25, 0.3) is 0 Å². The van der Waals surface area contributed by atoms with Crippen LogP contribution in [0.25, 0.3) is 0 Å². The second-order valence-corrected chi connectivity index (χ2v) is 33.2. The van der Waals surface area contributed by atoms with Crippen LogP contribution in [0.3, 0.4) is 0 Å². The number of thiol groups is 2. The zero-order valence-electron chi connectivity index (χ0n) is 54.7. The van der Waals surface area contributed by atoms with Gasteiger partial charge in [-0.3, -0.25) is 32.5 Å². The minimum absolute atomic E-state index is 0.00199. The van der Waals surface area contributed by atoms with Gasteiger partial charge in [-0.15, -0.1) is 0 Å². The molecule has 0 spiro atoms. The van der Waals surface area contributed by atoms with Crippen LogP contribution in [0.4, 0.5) is 0 Å². The summed E-state index contributed by atoms with van der Waals surface area (Å²) in [7, 11) is -0.280. The van der Waals surface area contributed by atoms with Crippen molar-refractivity contribution in [3.63, 3.8) is 0 Å². The van der Waals surface area contributed by atoms with Gasteiger partial charge in [0.15, 0.2) is 18.8 Å². The number of phosphoric ester groups is 1. The Labute approximate surface area is 569 Å². The number of carbonyl (C=O) groups excluding carboxylic acids is 3. The lowest BCUT2D eigenvalue weighted by atomic mass is 9.82. The maximum absolute atomic E-state index is 14.0. The van der Waals surface area contributed by atoms with Crippen molar-refractivity contribution in [3.05, 3.63) is 0 Å². The Morgan fingerprint density at radius 2 is 0.989 bits per heavy atom. The number of amides is 3. The van der Waals surface area contributed by atoms with E-state index >= 15 is 0 Å². The molecule has 95 heavy (non-hydrogen) atoms. The highest BCUT2D eigenvalue weighted by atomic mass is 32.7. The largest absolute Gasteiger partial charge is 0.471 e. The third-order valence-corrected chi connectivity index (χ3v) is 21.9. The zero-order chi connectivity index (χ0) is 71.4. The predicted molar refractivity (Wildman–Crippen MR) is 345 cm³/mol. The van der Waals surface area contributed by atoms with Gasteiger partial charge in [0.05, 0.1) is 85.9 Å². The highest BCUT2D eigenvalue weighted by Crippen LogP contribution is 2.61. The van der Waals surface area contributed by atoms with Crippen molar-refractivity contribution in [3.8, 4) is 0 Å². The lowest BCUT2D eigenvalue weighted by molar-refractivity contribution is -0.270. The summed E-state index contributed by atoms with van der Waals surface area (Å²) in [5, 5.41) is 98.2. The number of rotatable bonds is 55. The van der Waals surface area contributed by atoms with E-state index in [1.807, 2.05) is 4.90 Å². The Hall–Kier alpha value is -0.660. The molecule has 17 unspecified atom stereocenters. The van der Waals surface area contributed by atoms with Crippen LogP contribution in [-0.4, -0.2) is 279 Å². The van der Waals surface area contributed by atoms with Crippen LogP contribution in [0.2, 0.25) is 0 Å². The molecule has 0 radical (unpaired) electrons. The van der Waals surface area contributed by atoms with E-state index in [-0.39, 0.29) is 150 Å². The van der Waals surface area contributed by atoms with Crippen molar-refractivity contribution in [1.29, 1.82) is 0 Å². The third kappa shape index (κ3) is 35.9. The fourth-order valence-corrected chi connectivity index (χ4v) is 15.0. The first-order valence-corrected chi connectivity index (χ1v) is 40.6. The lowest BCUT2D eigenvalue weighted by Gasteiger charge is -2.43. The second-order valence-electron chi connectivity index (χ2n) is 22.1. The lowest BCUT2D eigenvalue weighted by Crippen LogP contribution is -2.64. The third-order valence-electron chi connectivity index (χ3n) is 14.6. The highest BCUT2D eigenvalue weighted by molar-refractivity contribution is 8.52. The number of carbonyl (C=O) groups is 3. The SMILES string of the molecule is COSP(=O)(OCCCCOC1OC(CO)C(O)C(O)C1NC(C)=O)OCCCC(CCCOP(=O)(S)OCCCCOC1OC(CO)C(O)C(O)C1NC(C)=O)(CCCOP(=O)(S)OCCCCOC(OC(CO)[C@@H](C)O)[C@H](O)NC(C)=O)N(C)CCCOP(=O)(O)OC. The molecule has 43 heteroatoms. The molecule has 0 aromatic carbocycles. The van der Waals surface area contributed by atoms with Gasteiger partial charge >= 0.3 is 28.2 Å². The molecule has 2 heterocycles. The maximum atomic E-state index is 14.0. The number of phosphoric acid groups is 1. The molecule has 2 fully saturated rings. The molecule has 0 bridgehead atoms. The predicted octanol–water partition coefficient (Wildman–Crippen LogP) is 1.55. The molecule has 19 atom stereocenters. The molecule has 2 aliphatic rings. The van der Waals surface area contributed by atoms with E-state index in [1.54, 1.807) is 7.05 Å². The number of nitrogens with one attached hydrogen (secondary N) is 3. The average molecular weight is 1520 g/mol. The molecule has 562 valence electrons. The molecule has 0 saturated carbocycles. The fraction of sp³-hybridized carbons (Fsp3) is 0.942. The normalized spacial score (nSPS) is 26.2. The van der Waals surface area contributed by atoms with Gasteiger partial charge < -0.3 is 122 Å². The Morgan fingerprint density at radius 1 is 0.589 bits per heavy atom. The first kappa shape index (κ1) is 90.4. The van der Waals surface area contributed by atoms with E-state index in [0.717, 1.165) is 14.0 Å². The van der Waals surface area contributed by atoms with Gasteiger partial charge in [0.1, 0.15) is 66.5 Å². The summed E-state index contributed by atoms with van der Waals surface area (Å²) in [4.78, 5) is 47.1. The molecule has 13 N–H and O–H groups in total. The molecule has 2 saturated heterocycles. The van der Waals surface area contributed by atoms with Gasteiger partial charge in [-0.25, -0.2) is 18.3 Å². The summed E-state index contributed by atoms with van der Waals surface area (Å²) < 4.78 is 136. The van der Waals surface area contributed by atoms with Crippen LogP contribution in [0, 0.1) is 0 Å². The Kier molecular flexibility index (Phi) is 45.3. The number of nitrogens with zero attached hydrogens (tertiary/aromatic N) is 1. The van der Waals surface area contributed by atoms with Gasteiger partial charge in [0.2, 0.25) is 24.0 Å². The first-order chi connectivity index (χ1) is 44.7. The molecule has 2 rings (SSSR count). The molecule has 3 amide bonds. The van der Waals surface area contributed by atoms with Crippen molar-refractivity contribution in [2.75, 3.05) is 114 Å². The molecule has 0 aliphatic carbocycles. The summed E-state index contributed by atoms with van der Waals surface area (Å²) in [5.74, 6) is -1.65. The van der Waals surface area contributed by atoms with Gasteiger partial charge in [-0.1, -0.05) is 24.5 Å². The Balaban J connectivity index is 2.24.